The fourth-order valence-corrected chi connectivity index (χ4v) is 2.56. The number of phenols is 1. The maximum absolute atomic E-state index is 13.8. The van der Waals surface area contributed by atoms with Gasteiger partial charge in [-0.05, 0) is 37.3 Å². The molecule has 1 amide bonds. The average Bonchev–Trinajstić information content (AvgIpc) is 2.75. The predicted molar refractivity (Wildman–Crippen MR) is 108 cm³/mol. The largest absolute Gasteiger partial charge is 0.507 e. The second-order valence-corrected chi connectivity index (χ2v) is 5.99. The molecule has 9 heteroatoms. The van der Waals surface area contributed by atoms with Crippen molar-refractivity contribution in [2.75, 3.05) is 13.7 Å². The lowest BCUT2D eigenvalue weighted by Crippen LogP contribution is -2.19. The van der Waals surface area contributed by atoms with E-state index in [-0.39, 0.29) is 17.0 Å². The van der Waals surface area contributed by atoms with Crippen molar-refractivity contribution in [3.63, 3.8) is 0 Å². The lowest BCUT2D eigenvalue weighted by Gasteiger charge is -2.08. The molecule has 30 heavy (non-hydrogen) atoms. The Morgan fingerprint density at radius 3 is 2.77 bits per heavy atom. The van der Waals surface area contributed by atoms with Crippen molar-refractivity contribution in [2.24, 2.45) is 5.10 Å². The predicted octanol–water partition coefficient (Wildman–Crippen LogP) is 3.16. The molecule has 8 nitrogen and oxygen atoms in total. The van der Waals surface area contributed by atoms with Crippen molar-refractivity contribution < 1.29 is 23.8 Å². The number of phenolic OH excluding ortho intramolecular Hbond substituents is 1. The van der Waals surface area contributed by atoms with Crippen LogP contribution in [0.15, 0.2) is 53.9 Å². The molecular weight excluding hydrogens is 391 g/mol. The van der Waals surface area contributed by atoms with Crippen LogP contribution in [0.25, 0.3) is 11.3 Å². The van der Waals surface area contributed by atoms with E-state index >= 15 is 0 Å². The number of nitrogens with zero attached hydrogens (tertiary/aromatic N) is 3. The standard InChI is InChI=1S/C21H19FN4O4/c1-3-30-15-4-6-16(20(27)9-15)18-11-23-12-19(25-18)21(28)26-24-10-13-8-14(29-2)5-7-17(13)22/h4-12,27H,3H2,1-2H3,(H,26,28)/b24-10+. The van der Waals surface area contributed by atoms with Crippen LogP contribution in [0.1, 0.15) is 23.0 Å². The van der Waals surface area contributed by atoms with Crippen LogP contribution in [0.2, 0.25) is 0 Å². The van der Waals surface area contributed by atoms with E-state index < -0.39 is 11.7 Å². The Bertz CT molecular complexity index is 1090. The highest BCUT2D eigenvalue weighted by molar-refractivity contribution is 5.93. The van der Waals surface area contributed by atoms with E-state index in [2.05, 4.69) is 20.5 Å². The summed E-state index contributed by atoms with van der Waals surface area (Å²) in [6.07, 6.45) is 3.83. The minimum absolute atomic E-state index is 0.0240. The number of nitrogens with one attached hydrogen (secondary N) is 1. The van der Waals surface area contributed by atoms with Crippen LogP contribution in [-0.2, 0) is 0 Å². The first-order chi connectivity index (χ1) is 14.5. The summed E-state index contributed by atoms with van der Waals surface area (Å²) in [4.78, 5) is 20.5. The van der Waals surface area contributed by atoms with Crippen LogP contribution < -0.4 is 14.9 Å². The molecule has 2 aromatic carbocycles. The highest BCUT2D eigenvalue weighted by Gasteiger charge is 2.12. The monoisotopic (exact) mass is 410 g/mol. The number of benzene rings is 2. The van der Waals surface area contributed by atoms with Crippen molar-refractivity contribution in [3.05, 3.63) is 65.9 Å². The maximum Gasteiger partial charge on any atom is 0.291 e. The van der Waals surface area contributed by atoms with E-state index in [0.717, 1.165) is 6.21 Å². The van der Waals surface area contributed by atoms with E-state index in [1.165, 1.54) is 43.8 Å². The number of amides is 1. The molecule has 0 fully saturated rings. The lowest BCUT2D eigenvalue weighted by molar-refractivity contribution is 0.0950. The molecule has 0 aliphatic rings. The number of hydrogen-bond acceptors (Lipinski definition) is 7. The van der Waals surface area contributed by atoms with E-state index in [4.69, 9.17) is 9.47 Å². The van der Waals surface area contributed by atoms with Crippen LogP contribution in [0, 0.1) is 5.82 Å². The number of methoxy groups -OCH3 is 1. The molecule has 0 unspecified atom stereocenters. The van der Waals surface area contributed by atoms with Gasteiger partial charge >= 0.3 is 0 Å². The first-order valence-corrected chi connectivity index (χ1v) is 8.97. The van der Waals surface area contributed by atoms with E-state index in [0.29, 0.717) is 29.4 Å². The third-order valence-corrected chi connectivity index (χ3v) is 4.00. The topological polar surface area (TPSA) is 106 Å². The molecule has 1 heterocycles. The summed E-state index contributed by atoms with van der Waals surface area (Å²) >= 11 is 0. The summed E-state index contributed by atoms with van der Waals surface area (Å²) in [6, 6.07) is 8.92. The zero-order valence-corrected chi connectivity index (χ0v) is 16.3. The van der Waals surface area contributed by atoms with Gasteiger partial charge in [0.1, 0.15) is 28.8 Å². The third-order valence-electron chi connectivity index (χ3n) is 4.00. The number of halogens is 1. The number of ether oxygens (including phenoxy) is 2. The van der Waals surface area contributed by atoms with Gasteiger partial charge in [-0.2, -0.15) is 5.10 Å². The van der Waals surface area contributed by atoms with Gasteiger partial charge in [-0.25, -0.2) is 14.8 Å². The Labute approximate surface area is 172 Å². The average molecular weight is 410 g/mol. The Morgan fingerprint density at radius 2 is 2.03 bits per heavy atom. The quantitative estimate of drug-likeness (QED) is 0.458. The van der Waals surface area contributed by atoms with Crippen molar-refractivity contribution in [1.29, 1.82) is 0 Å². The minimum Gasteiger partial charge on any atom is -0.507 e. The summed E-state index contributed by atoms with van der Waals surface area (Å²) in [5.41, 5.74) is 3.08. The number of hydrogen-bond donors (Lipinski definition) is 2. The van der Waals surface area contributed by atoms with E-state index in [1.54, 1.807) is 12.1 Å². The Balaban J connectivity index is 1.75. The molecule has 0 saturated carbocycles. The molecule has 0 bridgehead atoms. The van der Waals surface area contributed by atoms with Crippen LogP contribution in [0.3, 0.4) is 0 Å². The second kappa shape index (κ2) is 9.46. The van der Waals surface area contributed by atoms with Gasteiger partial charge in [0.25, 0.3) is 5.91 Å². The molecule has 154 valence electrons. The smallest absolute Gasteiger partial charge is 0.291 e. The zero-order chi connectivity index (χ0) is 21.5. The number of carbonyl (C=O) groups excluding carboxylic acids is 1. The van der Waals surface area contributed by atoms with Gasteiger partial charge < -0.3 is 14.6 Å². The molecule has 0 saturated heterocycles. The van der Waals surface area contributed by atoms with Crippen molar-refractivity contribution in [2.45, 2.75) is 6.92 Å². The molecule has 0 aliphatic carbocycles. The van der Waals surface area contributed by atoms with Gasteiger partial charge in [-0.3, -0.25) is 9.78 Å². The Kier molecular flexibility index (Phi) is 6.53. The SMILES string of the molecule is CCOc1ccc(-c2cncc(C(=O)N/N=C/c3cc(OC)ccc3F)n2)c(O)c1. The minimum atomic E-state index is -0.644. The number of aromatic hydroxyl groups is 1. The highest BCUT2D eigenvalue weighted by atomic mass is 19.1. The van der Waals surface area contributed by atoms with E-state index in [9.17, 15) is 14.3 Å². The molecule has 0 atom stereocenters. The van der Waals surface area contributed by atoms with Crippen LogP contribution in [-0.4, -0.2) is 40.9 Å². The summed E-state index contributed by atoms with van der Waals surface area (Å²) in [7, 11) is 1.46. The van der Waals surface area contributed by atoms with Gasteiger partial charge in [0.05, 0.1) is 38.0 Å². The molecule has 0 spiro atoms. The van der Waals surface area contributed by atoms with Gasteiger partial charge in [-0.1, -0.05) is 0 Å². The molecular formula is C21H19FN4O4. The van der Waals surface area contributed by atoms with E-state index in [1.807, 2.05) is 6.92 Å². The number of carbonyl (C=O) groups is 1. The third kappa shape index (κ3) is 4.88. The number of hydrazone groups is 1. The fourth-order valence-electron chi connectivity index (χ4n) is 2.56. The van der Waals surface area contributed by atoms with Gasteiger partial charge in [0.2, 0.25) is 0 Å². The van der Waals surface area contributed by atoms with Gasteiger partial charge in [-0.15, -0.1) is 0 Å². The van der Waals surface area contributed by atoms with Crippen molar-refractivity contribution in [3.8, 4) is 28.5 Å². The molecule has 2 N–H and O–H groups in total. The molecule has 0 radical (unpaired) electrons. The van der Waals surface area contributed by atoms with Gasteiger partial charge in [0.15, 0.2) is 0 Å². The lowest BCUT2D eigenvalue weighted by atomic mass is 10.1. The van der Waals surface area contributed by atoms with Crippen LogP contribution in [0.5, 0.6) is 17.2 Å². The second-order valence-electron chi connectivity index (χ2n) is 5.99. The molecule has 3 aromatic rings. The summed E-state index contributed by atoms with van der Waals surface area (Å²) in [6.45, 7) is 2.30. The highest BCUT2D eigenvalue weighted by Crippen LogP contribution is 2.31. The summed E-state index contributed by atoms with van der Waals surface area (Å²) in [5.74, 6) is -0.243. The molecule has 0 aliphatic heterocycles. The summed E-state index contributed by atoms with van der Waals surface area (Å²) in [5, 5.41) is 14.0. The number of rotatable bonds is 7. The van der Waals surface area contributed by atoms with Crippen LogP contribution in [0.4, 0.5) is 4.39 Å². The first kappa shape index (κ1) is 20.7. The number of aromatic nitrogens is 2. The normalized spacial score (nSPS) is 10.8. The maximum atomic E-state index is 13.8. The van der Waals surface area contributed by atoms with Gasteiger partial charge in [0, 0.05) is 17.2 Å². The Hall–Kier alpha value is -4.01. The zero-order valence-electron chi connectivity index (χ0n) is 16.3. The summed E-state index contributed by atoms with van der Waals surface area (Å²) < 4.78 is 24.2. The molecule has 3 rings (SSSR count). The van der Waals surface area contributed by atoms with Crippen molar-refractivity contribution in [1.82, 2.24) is 15.4 Å². The first-order valence-electron chi connectivity index (χ1n) is 8.97. The Morgan fingerprint density at radius 1 is 1.23 bits per heavy atom. The van der Waals surface area contributed by atoms with Crippen molar-refractivity contribution >= 4 is 12.1 Å². The van der Waals surface area contributed by atoms with Crippen LogP contribution >= 0.6 is 0 Å². The molecule has 1 aromatic heterocycles. The fraction of sp³-hybridized carbons (Fsp3) is 0.143.